The van der Waals surface area contributed by atoms with E-state index in [1.807, 2.05) is 6.92 Å². The second-order valence-corrected chi connectivity index (χ2v) is 9.55. The van der Waals surface area contributed by atoms with Gasteiger partial charge in [0.15, 0.2) is 5.96 Å². The van der Waals surface area contributed by atoms with Crippen molar-refractivity contribution in [2.75, 3.05) is 25.4 Å². The number of hydrogen-bond acceptors (Lipinski definition) is 3. The van der Waals surface area contributed by atoms with Crippen LogP contribution >= 0.6 is 0 Å². The zero-order valence-corrected chi connectivity index (χ0v) is 17.6. The van der Waals surface area contributed by atoms with Gasteiger partial charge in [-0.1, -0.05) is 32.6 Å². The first-order valence-electron chi connectivity index (χ1n) is 10.8. The second-order valence-electron chi connectivity index (χ2n) is 7.54. The zero-order valence-electron chi connectivity index (χ0n) is 16.8. The van der Waals surface area contributed by atoms with Gasteiger partial charge in [-0.05, 0) is 45.4 Å². The molecule has 0 aromatic heterocycles. The van der Waals surface area contributed by atoms with E-state index in [0.29, 0.717) is 17.4 Å². The van der Waals surface area contributed by atoms with Gasteiger partial charge >= 0.3 is 0 Å². The highest BCUT2D eigenvalue weighted by Crippen LogP contribution is 2.23. The van der Waals surface area contributed by atoms with Crippen LogP contribution < -0.4 is 10.6 Å². The molecular weight excluding hydrogens is 346 g/mol. The quantitative estimate of drug-likeness (QED) is 0.363. The van der Waals surface area contributed by atoms with Crippen molar-refractivity contribution in [3.05, 3.63) is 0 Å². The molecule has 2 N–H and O–H groups in total. The Kier molecular flexibility index (Phi) is 10.6. The van der Waals surface area contributed by atoms with E-state index in [-0.39, 0.29) is 0 Å². The second kappa shape index (κ2) is 12.7. The Labute approximate surface area is 162 Å². The largest absolute Gasteiger partial charge is 0.378 e. The smallest absolute Gasteiger partial charge is 0.191 e. The molecule has 0 amide bonds. The third-order valence-electron chi connectivity index (χ3n) is 5.45. The van der Waals surface area contributed by atoms with Gasteiger partial charge in [-0.15, -0.1) is 0 Å². The summed E-state index contributed by atoms with van der Waals surface area (Å²) in [5.41, 5.74) is 0. The average Bonchev–Trinajstić information content (AvgIpc) is 2.68. The summed E-state index contributed by atoms with van der Waals surface area (Å²) in [6.07, 6.45) is 12.3. The van der Waals surface area contributed by atoms with Gasteiger partial charge in [0.2, 0.25) is 0 Å². The Bertz CT molecular complexity index is 439. The molecule has 152 valence electrons. The summed E-state index contributed by atoms with van der Waals surface area (Å²) in [6, 6.07) is 0.389. The Morgan fingerprint density at radius 1 is 1.12 bits per heavy atom. The molecule has 2 saturated carbocycles. The number of aliphatic imine (C=N–C) groups is 1. The van der Waals surface area contributed by atoms with Gasteiger partial charge in [-0.2, -0.15) is 0 Å². The van der Waals surface area contributed by atoms with E-state index >= 15 is 0 Å². The summed E-state index contributed by atoms with van der Waals surface area (Å²) in [5, 5.41) is 7.27. The highest BCUT2D eigenvalue weighted by molar-refractivity contribution is 7.85. The van der Waals surface area contributed by atoms with Crippen LogP contribution in [0.2, 0.25) is 0 Å². The van der Waals surface area contributed by atoms with Gasteiger partial charge in [0.05, 0.1) is 6.10 Å². The lowest BCUT2D eigenvalue weighted by atomic mass is 9.95. The van der Waals surface area contributed by atoms with Gasteiger partial charge in [-0.3, -0.25) is 9.20 Å². The third kappa shape index (κ3) is 7.95. The van der Waals surface area contributed by atoms with Gasteiger partial charge in [0.25, 0.3) is 0 Å². The summed E-state index contributed by atoms with van der Waals surface area (Å²) in [4.78, 5) is 4.72. The van der Waals surface area contributed by atoms with Crippen LogP contribution in [0.15, 0.2) is 4.99 Å². The van der Waals surface area contributed by atoms with Crippen LogP contribution in [0.3, 0.4) is 0 Å². The van der Waals surface area contributed by atoms with Crippen molar-refractivity contribution < 1.29 is 8.95 Å². The van der Waals surface area contributed by atoms with Crippen molar-refractivity contribution in [2.24, 2.45) is 4.99 Å². The molecule has 3 atom stereocenters. The fourth-order valence-electron chi connectivity index (χ4n) is 4.00. The molecule has 0 spiro atoms. The van der Waals surface area contributed by atoms with Crippen LogP contribution in [0, 0.1) is 0 Å². The summed E-state index contributed by atoms with van der Waals surface area (Å²) in [6.45, 7) is 6.59. The lowest BCUT2D eigenvalue weighted by molar-refractivity contribution is 0.0281. The molecular formula is C20H39N3O2S. The molecule has 0 heterocycles. The van der Waals surface area contributed by atoms with E-state index in [1.165, 1.54) is 32.1 Å². The highest BCUT2D eigenvalue weighted by Gasteiger charge is 2.26. The predicted molar refractivity (Wildman–Crippen MR) is 111 cm³/mol. The number of ether oxygens (including phenoxy) is 1. The standard InChI is InChI=1S/C20H39N3O2S/c1-3-21-20(22-14-9-15-25-18-11-6-5-7-12-18)23-17-10-8-13-19(16-17)26(24)4-2/h17-19H,3-16H2,1-2H3,(H2,21,22,23). The third-order valence-corrected chi connectivity index (χ3v) is 7.19. The number of nitrogens with zero attached hydrogens (tertiary/aromatic N) is 1. The van der Waals surface area contributed by atoms with Crippen molar-refractivity contribution in [3.8, 4) is 0 Å². The van der Waals surface area contributed by atoms with Gasteiger partial charge in [0.1, 0.15) is 0 Å². The topological polar surface area (TPSA) is 62.7 Å². The van der Waals surface area contributed by atoms with E-state index in [4.69, 9.17) is 9.73 Å². The van der Waals surface area contributed by atoms with Crippen LogP contribution in [0.25, 0.3) is 0 Å². The molecule has 0 aliphatic heterocycles. The van der Waals surface area contributed by atoms with Crippen molar-refractivity contribution in [2.45, 2.75) is 95.5 Å². The van der Waals surface area contributed by atoms with Crippen LogP contribution in [-0.4, -0.2) is 53.0 Å². The number of rotatable bonds is 9. The minimum atomic E-state index is -0.680. The first kappa shape index (κ1) is 21.7. The van der Waals surface area contributed by atoms with Crippen molar-refractivity contribution in [3.63, 3.8) is 0 Å². The Balaban J connectivity index is 1.70. The van der Waals surface area contributed by atoms with Crippen LogP contribution in [0.5, 0.6) is 0 Å². The predicted octanol–water partition coefficient (Wildman–Crippen LogP) is 3.36. The molecule has 0 saturated heterocycles. The van der Waals surface area contributed by atoms with Crippen molar-refractivity contribution in [1.29, 1.82) is 0 Å². The number of nitrogens with one attached hydrogen (secondary N) is 2. The monoisotopic (exact) mass is 385 g/mol. The minimum Gasteiger partial charge on any atom is -0.378 e. The molecule has 3 unspecified atom stereocenters. The zero-order chi connectivity index (χ0) is 18.6. The summed E-state index contributed by atoms with van der Waals surface area (Å²) < 4.78 is 18.1. The maximum absolute atomic E-state index is 12.1. The first-order valence-corrected chi connectivity index (χ1v) is 12.1. The van der Waals surface area contributed by atoms with Crippen LogP contribution in [0.4, 0.5) is 0 Å². The van der Waals surface area contributed by atoms with Gasteiger partial charge in [-0.25, -0.2) is 0 Å². The fourth-order valence-corrected chi connectivity index (χ4v) is 5.35. The summed E-state index contributed by atoms with van der Waals surface area (Å²) >= 11 is 0. The molecule has 5 nitrogen and oxygen atoms in total. The SMILES string of the molecule is CCNC(=NCCCOC1CCCCC1)NC1CCCC(S(=O)CC)C1. The maximum Gasteiger partial charge on any atom is 0.191 e. The Hall–Kier alpha value is -0.620. The Morgan fingerprint density at radius 2 is 1.92 bits per heavy atom. The van der Waals surface area contributed by atoms with E-state index in [2.05, 4.69) is 17.6 Å². The van der Waals surface area contributed by atoms with Crippen LogP contribution in [0.1, 0.15) is 78.1 Å². The molecule has 2 rings (SSSR count). The fraction of sp³-hybridized carbons (Fsp3) is 0.950. The molecule has 2 aliphatic carbocycles. The normalized spacial score (nSPS) is 26.5. The molecule has 2 aliphatic rings. The number of hydrogen-bond donors (Lipinski definition) is 2. The highest BCUT2D eigenvalue weighted by atomic mass is 32.2. The van der Waals surface area contributed by atoms with Crippen molar-refractivity contribution in [1.82, 2.24) is 10.6 Å². The van der Waals surface area contributed by atoms with E-state index in [1.54, 1.807) is 0 Å². The van der Waals surface area contributed by atoms with Gasteiger partial charge < -0.3 is 15.4 Å². The average molecular weight is 386 g/mol. The van der Waals surface area contributed by atoms with Gasteiger partial charge in [0, 0.05) is 47.5 Å². The molecule has 0 aromatic rings. The number of guanidine groups is 1. The van der Waals surface area contributed by atoms with E-state index in [0.717, 1.165) is 63.5 Å². The molecule has 0 aromatic carbocycles. The summed E-state index contributed by atoms with van der Waals surface area (Å²) in [7, 11) is -0.680. The van der Waals surface area contributed by atoms with Crippen LogP contribution in [-0.2, 0) is 15.5 Å². The van der Waals surface area contributed by atoms with E-state index < -0.39 is 10.8 Å². The Morgan fingerprint density at radius 3 is 2.65 bits per heavy atom. The molecule has 6 heteroatoms. The van der Waals surface area contributed by atoms with E-state index in [9.17, 15) is 4.21 Å². The molecule has 26 heavy (non-hydrogen) atoms. The molecule has 2 fully saturated rings. The summed E-state index contributed by atoms with van der Waals surface area (Å²) in [5.74, 6) is 1.67. The molecule has 0 bridgehead atoms. The first-order chi connectivity index (χ1) is 12.7. The maximum atomic E-state index is 12.1. The van der Waals surface area contributed by atoms with Crippen molar-refractivity contribution >= 4 is 16.8 Å². The lowest BCUT2D eigenvalue weighted by Crippen LogP contribution is -2.46. The molecule has 0 radical (unpaired) electrons. The lowest BCUT2D eigenvalue weighted by Gasteiger charge is -2.30. The minimum absolute atomic E-state index is 0.345.